The SMILES string of the molecule is Cc1c(F)cc(C#N)cc1NCc1ccc(CC(=O)O)s1. The van der Waals surface area contributed by atoms with E-state index in [2.05, 4.69) is 5.32 Å². The Balaban J connectivity index is 2.09. The van der Waals surface area contributed by atoms with Gasteiger partial charge in [-0.15, -0.1) is 11.3 Å². The Morgan fingerprint density at radius 2 is 2.14 bits per heavy atom. The first-order chi connectivity index (χ1) is 9.99. The van der Waals surface area contributed by atoms with Crippen molar-refractivity contribution in [3.05, 3.63) is 51.0 Å². The van der Waals surface area contributed by atoms with E-state index in [0.29, 0.717) is 17.8 Å². The Morgan fingerprint density at radius 3 is 2.81 bits per heavy atom. The van der Waals surface area contributed by atoms with Gasteiger partial charge in [-0.3, -0.25) is 4.79 Å². The van der Waals surface area contributed by atoms with Crippen molar-refractivity contribution in [2.75, 3.05) is 5.32 Å². The number of nitriles is 1. The van der Waals surface area contributed by atoms with Gasteiger partial charge in [0.25, 0.3) is 0 Å². The molecule has 2 N–H and O–H groups in total. The van der Waals surface area contributed by atoms with Gasteiger partial charge in [0, 0.05) is 27.5 Å². The normalized spacial score (nSPS) is 10.1. The summed E-state index contributed by atoms with van der Waals surface area (Å²) in [5.74, 6) is -1.29. The standard InChI is InChI=1S/C15H13FN2O2S/c1-9-13(16)4-10(7-17)5-14(9)18-8-12-3-2-11(21-12)6-15(19)20/h2-5,18H,6,8H2,1H3,(H,19,20). The van der Waals surface area contributed by atoms with Gasteiger partial charge in [0.1, 0.15) is 5.82 Å². The van der Waals surface area contributed by atoms with Crippen molar-refractivity contribution in [1.29, 1.82) is 5.26 Å². The van der Waals surface area contributed by atoms with Gasteiger partial charge in [-0.1, -0.05) is 0 Å². The Kier molecular flexibility index (Phi) is 4.55. The van der Waals surface area contributed by atoms with Crippen molar-refractivity contribution in [2.24, 2.45) is 0 Å². The van der Waals surface area contributed by atoms with Gasteiger partial charge in [-0.2, -0.15) is 5.26 Å². The molecule has 21 heavy (non-hydrogen) atoms. The second-order valence-corrected chi connectivity index (χ2v) is 5.79. The van der Waals surface area contributed by atoms with E-state index in [1.165, 1.54) is 17.4 Å². The number of hydrogen-bond acceptors (Lipinski definition) is 4. The highest BCUT2D eigenvalue weighted by molar-refractivity contribution is 7.12. The van der Waals surface area contributed by atoms with Crippen LogP contribution in [0.5, 0.6) is 0 Å². The van der Waals surface area contributed by atoms with Crippen molar-refractivity contribution >= 4 is 23.0 Å². The van der Waals surface area contributed by atoms with Crippen LogP contribution in [-0.4, -0.2) is 11.1 Å². The van der Waals surface area contributed by atoms with E-state index in [0.717, 1.165) is 9.75 Å². The quantitative estimate of drug-likeness (QED) is 0.889. The molecule has 1 aromatic carbocycles. The molecule has 2 rings (SSSR count). The minimum absolute atomic E-state index is 0.00222. The maximum absolute atomic E-state index is 13.6. The monoisotopic (exact) mass is 304 g/mol. The predicted molar refractivity (Wildman–Crippen MR) is 78.8 cm³/mol. The molecule has 1 aromatic heterocycles. The molecule has 4 nitrogen and oxygen atoms in total. The first kappa shape index (κ1) is 15.0. The Morgan fingerprint density at radius 1 is 1.43 bits per heavy atom. The zero-order chi connectivity index (χ0) is 15.4. The summed E-state index contributed by atoms with van der Waals surface area (Å²) >= 11 is 1.40. The first-order valence-corrected chi connectivity index (χ1v) is 7.04. The number of nitrogens with zero attached hydrogens (tertiary/aromatic N) is 1. The van der Waals surface area contributed by atoms with Gasteiger partial charge in [0.15, 0.2) is 0 Å². The molecule has 0 saturated heterocycles. The van der Waals surface area contributed by atoms with Crippen molar-refractivity contribution in [2.45, 2.75) is 19.9 Å². The summed E-state index contributed by atoms with van der Waals surface area (Å²) in [6.07, 6.45) is 0.00222. The van der Waals surface area contributed by atoms with Crippen LogP contribution in [0, 0.1) is 24.1 Å². The summed E-state index contributed by atoms with van der Waals surface area (Å²) in [4.78, 5) is 12.4. The van der Waals surface area contributed by atoms with Gasteiger partial charge < -0.3 is 10.4 Å². The summed E-state index contributed by atoms with van der Waals surface area (Å²) < 4.78 is 13.6. The maximum Gasteiger partial charge on any atom is 0.308 e. The molecule has 0 fully saturated rings. The molecule has 0 radical (unpaired) electrons. The Hall–Kier alpha value is -2.39. The number of rotatable bonds is 5. The highest BCUT2D eigenvalue weighted by Gasteiger charge is 2.08. The number of nitrogens with one attached hydrogen (secondary N) is 1. The molecule has 0 atom stereocenters. The zero-order valence-corrected chi connectivity index (χ0v) is 12.1. The van der Waals surface area contributed by atoms with Crippen LogP contribution in [-0.2, 0) is 17.8 Å². The van der Waals surface area contributed by atoms with Crippen LogP contribution in [0.25, 0.3) is 0 Å². The summed E-state index contributed by atoms with van der Waals surface area (Å²) in [5.41, 5.74) is 1.29. The highest BCUT2D eigenvalue weighted by atomic mass is 32.1. The summed E-state index contributed by atoms with van der Waals surface area (Å²) in [6, 6.07) is 8.34. The van der Waals surface area contributed by atoms with Gasteiger partial charge in [0.05, 0.1) is 18.1 Å². The van der Waals surface area contributed by atoms with Gasteiger partial charge in [-0.05, 0) is 31.2 Å². The van der Waals surface area contributed by atoms with Crippen LogP contribution in [0.3, 0.4) is 0 Å². The Bertz CT molecular complexity index is 719. The van der Waals surface area contributed by atoms with Gasteiger partial charge in [-0.25, -0.2) is 4.39 Å². The summed E-state index contributed by atoms with van der Waals surface area (Å²) in [7, 11) is 0. The van der Waals surface area contributed by atoms with Crippen LogP contribution >= 0.6 is 11.3 Å². The first-order valence-electron chi connectivity index (χ1n) is 6.23. The van der Waals surface area contributed by atoms with Crippen molar-refractivity contribution in [3.63, 3.8) is 0 Å². The van der Waals surface area contributed by atoms with Crippen molar-refractivity contribution < 1.29 is 14.3 Å². The van der Waals surface area contributed by atoms with E-state index in [1.807, 2.05) is 12.1 Å². The minimum atomic E-state index is -0.865. The number of benzene rings is 1. The number of halogens is 1. The molecule has 1 heterocycles. The van der Waals surface area contributed by atoms with E-state index < -0.39 is 11.8 Å². The molecule has 0 aliphatic rings. The summed E-state index contributed by atoms with van der Waals surface area (Å²) in [5, 5.41) is 20.7. The lowest BCUT2D eigenvalue weighted by atomic mass is 10.1. The fraction of sp³-hybridized carbons (Fsp3) is 0.200. The predicted octanol–water partition coefficient (Wildman–Crippen LogP) is 3.31. The van der Waals surface area contributed by atoms with Crippen molar-refractivity contribution in [1.82, 2.24) is 0 Å². The van der Waals surface area contributed by atoms with Crippen LogP contribution in [0.15, 0.2) is 24.3 Å². The van der Waals surface area contributed by atoms with Crippen LogP contribution in [0.2, 0.25) is 0 Å². The molecule has 108 valence electrons. The number of hydrogen-bond donors (Lipinski definition) is 2. The summed E-state index contributed by atoms with van der Waals surface area (Å²) in [6.45, 7) is 2.10. The molecule has 0 aliphatic carbocycles. The van der Waals surface area contributed by atoms with E-state index in [4.69, 9.17) is 10.4 Å². The number of anilines is 1. The molecule has 6 heteroatoms. The van der Waals surface area contributed by atoms with Gasteiger partial charge in [0.2, 0.25) is 0 Å². The zero-order valence-electron chi connectivity index (χ0n) is 11.3. The fourth-order valence-corrected chi connectivity index (χ4v) is 2.82. The van der Waals surface area contributed by atoms with E-state index in [1.54, 1.807) is 19.1 Å². The molecular formula is C15H13FN2O2S. The topological polar surface area (TPSA) is 73.1 Å². The second kappa shape index (κ2) is 6.37. The van der Waals surface area contributed by atoms with Gasteiger partial charge >= 0.3 is 5.97 Å². The van der Waals surface area contributed by atoms with E-state index in [9.17, 15) is 9.18 Å². The van der Waals surface area contributed by atoms with Crippen LogP contribution < -0.4 is 5.32 Å². The largest absolute Gasteiger partial charge is 0.481 e. The molecule has 0 aliphatic heterocycles. The highest BCUT2D eigenvalue weighted by Crippen LogP contribution is 2.23. The molecule has 2 aromatic rings. The molecule has 0 spiro atoms. The third kappa shape index (κ3) is 3.80. The van der Waals surface area contributed by atoms with Crippen molar-refractivity contribution in [3.8, 4) is 6.07 Å². The lowest BCUT2D eigenvalue weighted by Crippen LogP contribution is -2.01. The Labute approximate surface area is 125 Å². The number of carboxylic acids is 1. The average molecular weight is 304 g/mol. The molecule has 0 saturated carbocycles. The minimum Gasteiger partial charge on any atom is -0.481 e. The fourth-order valence-electron chi connectivity index (χ4n) is 1.87. The number of aliphatic carboxylic acids is 1. The van der Waals surface area contributed by atoms with E-state index in [-0.39, 0.29) is 12.0 Å². The molecule has 0 unspecified atom stereocenters. The molecule has 0 amide bonds. The lowest BCUT2D eigenvalue weighted by molar-refractivity contribution is -0.136. The molecular weight excluding hydrogens is 291 g/mol. The number of carbonyl (C=O) groups is 1. The number of thiophene rings is 1. The van der Waals surface area contributed by atoms with Crippen LogP contribution in [0.1, 0.15) is 20.9 Å². The average Bonchev–Trinajstić information content (AvgIpc) is 2.87. The van der Waals surface area contributed by atoms with E-state index >= 15 is 0 Å². The number of carboxylic acid groups (broad SMARTS) is 1. The second-order valence-electron chi connectivity index (χ2n) is 4.53. The molecule has 0 bridgehead atoms. The third-order valence-corrected chi connectivity index (χ3v) is 4.05. The van der Waals surface area contributed by atoms with Crippen LogP contribution in [0.4, 0.5) is 10.1 Å². The maximum atomic E-state index is 13.6. The smallest absolute Gasteiger partial charge is 0.308 e. The third-order valence-electron chi connectivity index (χ3n) is 2.97. The lowest BCUT2D eigenvalue weighted by Gasteiger charge is -2.09.